The lowest BCUT2D eigenvalue weighted by atomic mass is 9.54. The van der Waals surface area contributed by atoms with Gasteiger partial charge < -0.3 is 28.7 Å². The maximum absolute atomic E-state index is 15.6. The van der Waals surface area contributed by atoms with Gasteiger partial charge in [-0.05, 0) is 88.4 Å². The molecule has 0 spiro atoms. The van der Waals surface area contributed by atoms with E-state index in [2.05, 4.69) is 34.4 Å². The Bertz CT molecular complexity index is 786. The Balaban J connectivity index is 1.36. The van der Waals surface area contributed by atoms with Gasteiger partial charge in [-0.2, -0.15) is 0 Å². The van der Waals surface area contributed by atoms with Crippen LogP contribution in [0.3, 0.4) is 0 Å². The number of allylic oxidation sites excluding steroid dienone is 2. The molecule has 0 aromatic heterocycles. The standard InChI is InChI=1S/C31H48N2O5/c34-29(30(25-7-1-15-35-19-25)11-5-13-32(23-30)27-9-3-17-37-21-27)31(26-8-2-16-36-20-26)12-6-14-33(24-31)28-10-4-18-38-22-28/h5-6,13-14,25-28H,1-4,7-12,15-24H2. The second-order valence-corrected chi connectivity index (χ2v) is 12.7. The number of carbonyl (C=O) groups excluding carboxylic acids is 1. The zero-order chi connectivity index (χ0) is 25.8. The quantitative estimate of drug-likeness (QED) is 0.513. The summed E-state index contributed by atoms with van der Waals surface area (Å²) in [6, 6.07) is 0.709. The zero-order valence-electron chi connectivity index (χ0n) is 23.2. The van der Waals surface area contributed by atoms with Crippen molar-refractivity contribution in [3.05, 3.63) is 24.6 Å². The Labute approximate surface area is 228 Å². The van der Waals surface area contributed by atoms with Gasteiger partial charge in [0.15, 0.2) is 0 Å². The first-order valence-corrected chi connectivity index (χ1v) is 15.4. The largest absolute Gasteiger partial charge is 0.381 e. The summed E-state index contributed by atoms with van der Waals surface area (Å²) >= 11 is 0. The van der Waals surface area contributed by atoms with Gasteiger partial charge in [0.2, 0.25) is 0 Å². The maximum atomic E-state index is 15.6. The molecule has 0 radical (unpaired) electrons. The van der Waals surface area contributed by atoms with Gasteiger partial charge in [-0.3, -0.25) is 4.79 Å². The van der Waals surface area contributed by atoms with Gasteiger partial charge in [0.25, 0.3) is 0 Å². The average Bonchev–Trinajstić information content (AvgIpc) is 3.02. The van der Waals surface area contributed by atoms with Crippen LogP contribution in [-0.4, -0.2) is 93.6 Å². The number of nitrogens with zero attached hydrogens (tertiary/aromatic N) is 2. The first-order valence-electron chi connectivity index (χ1n) is 15.4. The van der Waals surface area contributed by atoms with Crippen molar-refractivity contribution >= 4 is 5.78 Å². The van der Waals surface area contributed by atoms with E-state index in [4.69, 9.17) is 18.9 Å². The minimum Gasteiger partial charge on any atom is -0.381 e. The maximum Gasteiger partial charge on any atom is 0.150 e. The SMILES string of the molecule is O=C(C1(C2CCCOC2)CC=CN(C2CCCOC2)C1)C1(C2CCCOC2)CC=CN(C2CCCOC2)C1. The zero-order valence-corrected chi connectivity index (χ0v) is 23.2. The van der Waals surface area contributed by atoms with Crippen LogP contribution in [0.2, 0.25) is 0 Å². The van der Waals surface area contributed by atoms with Gasteiger partial charge >= 0.3 is 0 Å². The van der Waals surface area contributed by atoms with Crippen LogP contribution in [0.4, 0.5) is 0 Å². The highest BCUT2D eigenvalue weighted by molar-refractivity contribution is 5.92. The highest BCUT2D eigenvalue weighted by Gasteiger charge is 2.58. The van der Waals surface area contributed by atoms with E-state index < -0.39 is 10.8 Å². The Kier molecular flexibility index (Phi) is 8.46. The van der Waals surface area contributed by atoms with Crippen LogP contribution >= 0.6 is 0 Å². The summed E-state index contributed by atoms with van der Waals surface area (Å²) in [7, 11) is 0. The summed E-state index contributed by atoms with van der Waals surface area (Å²) in [5.74, 6) is 0.979. The molecule has 0 aromatic rings. The van der Waals surface area contributed by atoms with E-state index in [-0.39, 0.29) is 11.8 Å². The van der Waals surface area contributed by atoms with Gasteiger partial charge in [-0.1, -0.05) is 12.2 Å². The topological polar surface area (TPSA) is 60.5 Å². The summed E-state index contributed by atoms with van der Waals surface area (Å²) in [5, 5.41) is 0. The minimum absolute atomic E-state index is 0.250. The number of ketones is 1. The van der Waals surface area contributed by atoms with Crippen LogP contribution in [0.5, 0.6) is 0 Å². The molecule has 6 aliphatic heterocycles. The summed E-state index contributed by atoms with van der Waals surface area (Å²) in [6.07, 6.45) is 19.4. The Morgan fingerprint density at radius 1 is 0.605 bits per heavy atom. The van der Waals surface area contributed by atoms with Gasteiger partial charge in [0, 0.05) is 39.5 Å². The molecule has 0 amide bonds. The first-order chi connectivity index (χ1) is 18.7. The van der Waals surface area contributed by atoms with E-state index >= 15 is 4.79 Å². The summed E-state index contributed by atoms with van der Waals surface area (Å²) in [4.78, 5) is 20.5. The molecule has 0 N–H and O–H groups in total. The molecule has 0 bridgehead atoms. The van der Waals surface area contributed by atoms with Crippen molar-refractivity contribution in [2.75, 3.05) is 65.9 Å². The number of hydrogen-bond donors (Lipinski definition) is 0. The number of Topliss-reactive ketones (excluding diaryl/α,β-unsaturated/α-hetero) is 1. The molecule has 6 unspecified atom stereocenters. The molecule has 38 heavy (non-hydrogen) atoms. The lowest BCUT2D eigenvalue weighted by Crippen LogP contribution is -2.62. The molecule has 0 aliphatic carbocycles. The van der Waals surface area contributed by atoms with Gasteiger partial charge in [0.1, 0.15) is 5.78 Å². The highest BCUT2D eigenvalue weighted by Crippen LogP contribution is 2.52. The van der Waals surface area contributed by atoms with E-state index in [0.717, 1.165) is 117 Å². The number of carbonyl (C=O) groups is 1. The lowest BCUT2D eigenvalue weighted by molar-refractivity contribution is -0.160. The van der Waals surface area contributed by atoms with Crippen molar-refractivity contribution in [2.24, 2.45) is 22.7 Å². The summed E-state index contributed by atoms with van der Waals surface area (Å²) in [5.41, 5.74) is -0.881. The first kappa shape index (κ1) is 26.8. The Morgan fingerprint density at radius 2 is 1.03 bits per heavy atom. The van der Waals surface area contributed by atoms with Crippen LogP contribution < -0.4 is 0 Å². The van der Waals surface area contributed by atoms with Crippen LogP contribution in [0.25, 0.3) is 0 Å². The van der Waals surface area contributed by atoms with Crippen LogP contribution in [0.15, 0.2) is 24.6 Å². The third-order valence-electron chi connectivity index (χ3n) is 10.5. The predicted molar refractivity (Wildman–Crippen MR) is 146 cm³/mol. The molecule has 212 valence electrons. The fraction of sp³-hybridized carbons (Fsp3) is 0.839. The molecule has 6 rings (SSSR count). The van der Waals surface area contributed by atoms with Crippen LogP contribution in [-0.2, 0) is 23.7 Å². The molecule has 0 aromatic carbocycles. The molecule has 6 heterocycles. The van der Waals surface area contributed by atoms with Crippen molar-refractivity contribution in [2.45, 2.75) is 76.3 Å². The van der Waals surface area contributed by atoms with Gasteiger partial charge in [-0.15, -0.1) is 0 Å². The smallest absolute Gasteiger partial charge is 0.150 e. The van der Waals surface area contributed by atoms with Crippen molar-refractivity contribution in [1.82, 2.24) is 9.80 Å². The van der Waals surface area contributed by atoms with Crippen molar-refractivity contribution in [3.8, 4) is 0 Å². The Hall–Kier alpha value is -1.41. The third kappa shape index (κ3) is 5.21. The molecule has 6 aliphatic rings. The van der Waals surface area contributed by atoms with Gasteiger partial charge in [-0.25, -0.2) is 0 Å². The molecule has 7 nitrogen and oxygen atoms in total. The predicted octanol–water partition coefficient (Wildman–Crippen LogP) is 4.18. The molecular weight excluding hydrogens is 480 g/mol. The van der Waals surface area contributed by atoms with E-state index in [0.29, 0.717) is 31.1 Å². The van der Waals surface area contributed by atoms with E-state index in [1.54, 1.807) is 0 Å². The lowest BCUT2D eigenvalue weighted by Gasteiger charge is -2.55. The normalized spacial score (nSPS) is 40.7. The molecular formula is C31H48N2O5. The van der Waals surface area contributed by atoms with E-state index in [9.17, 15) is 0 Å². The average molecular weight is 529 g/mol. The number of hydrogen-bond acceptors (Lipinski definition) is 7. The van der Waals surface area contributed by atoms with Crippen LogP contribution in [0.1, 0.15) is 64.2 Å². The van der Waals surface area contributed by atoms with E-state index in [1.807, 2.05) is 0 Å². The molecule has 0 saturated carbocycles. The van der Waals surface area contributed by atoms with Crippen LogP contribution in [0, 0.1) is 22.7 Å². The molecule has 6 atom stereocenters. The third-order valence-corrected chi connectivity index (χ3v) is 10.5. The second kappa shape index (κ2) is 12.0. The molecule has 7 heteroatoms. The van der Waals surface area contributed by atoms with Crippen molar-refractivity contribution < 1.29 is 23.7 Å². The van der Waals surface area contributed by atoms with Crippen molar-refractivity contribution in [1.29, 1.82) is 0 Å². The van der Waals surface area contributed by atoms with Crippen molar-refractivity contribution in [3.63, 3.8) is 0 Å². The summed E-state index contributed by atoms with van der Waals surface area (Å²) < 4.78 is 24.0. The molecule has 4 saturated heterocycles. The van der Waals surface area contributed by atoms with E-state index in [1.165, 1.54) is 0 Å². The summed E-state index contributed by atoms with van der Waals surface area (Å²) in [6.45, 7) is 7.83. The molecule has 4 fully saturated rings. The number of ether oxygens (including phenoxy) is 4. The van der Waals surface area contributed by atoms with Gasteiger partial charge in [0.05, 0.1) is 49.3 Å². The minimum atomic E-state index is -0.440. The number of rotatable bonds is 6. The fourth-order valence-corrected chi connectivity index (χ4v) is 8.30. The monoisotopic (exact) mass is 528 g/mol. The highest BCUT2D eigenvalue weighted by atomic mass is 16.5. The Morgan fingerprint density at radius 3 is 1.39 bits per heavy atom. The second-order valence-electron chi connectivity index (χ2n) is 12.7. The fourth-order valence-electron chi connectivity index (χ4n) is 8.30.